The number of alkyl halides is 1. The Morgan fingerprint density at radius 3 is 2.70 bits per heavy atom. The number of ketones is 1. The largest absolute Gasteiger partial charge is 0.480 e. The van der Waals surface area contributed by atoms with Gasteiger partial charge in [-0.3, -0.25) is 19.2 Å². The molecule has 27 heavy (non-hydrogen) atoms. The number of aromatic nitrogens is 1. The zero-order valence-electron chi connectivity index (χ0n) is 14.6. The summed E-state index contributed by atoms with van der Waals surface area (Å²) in [4.78, 5) is 47.5. The van der Waals surface area contributed by atoms with E-state index in [1.165, 1.54) is 18.3 Å². The van der Waals surface area contributed by atoms with Crippen LogP contribution in [0.5, 0.6) is 0 Å². The Morgan fingerprint density at radius 1 is 1.19 bits per heavy atom. The van der Waals surface area contributed by atoms with Gasteiger partial charge in [-0.15, -0.1) is 11.6 Å². The van der Waals surface area contributed by atoms with Gasteiger partial charge in [-0.25, -0.2) is 0 Å². The number of carbonyl (C=O) groups excluding carboxylic acids is 2. The third kappa shape index (κ3) is 4.86. The van der Waals surface area contributed by atoms with Crippen LogP contribution >= 0.6 is 11.6 Å². The minimum absolute atomic E-state index is 0.0602. The molecular weight excluding hydrogens is 372 g/mol. The maximum Gasteiger partial charge on any atom is 0.323 e. The van der Waals surface area contributed by atoms with Gasteiger partial charge in [-0.1, -0.05) is 12.2 Å². The number of halogens is 1. The van der Waals surface area contributed by atoms with Crippen molar-refractivity contribution in [3.8, 4) is 0 Å². The van der Waals surface area contributed by atoms with Gasteiger partial charge in [0.2, 0.25) is 5.91 Å². The van der Waals surface area contributed by atoms with Crippen LogP contribution in [0.1, 0.15) is 25.7 Å². The first-order valence-corrected chi connectivity index (χ1v) is 9.33. The van der Waals surface area contributed by atoms with Gasteiger partial charge in [0.25, 0.3) is 5.56 Å². The number of allylic oxidation sites excluding steroid dienone is 2. The number of nitrogens with one attached hydrogen (secondary N) is 1. The van der Waals surface area contributed by atoms with E-state index in [0.29, 0.717) is 18.5 Å². The molecule has 1 saturated carbocycles. The quantitative estimate of drug-likeness (QED) is 0.589. The lowest BCUT2D eigenvalue weighted by Crippen LogP contribution is -2.35. The van der Waals surface area contributed by atoms with Crippen molar-refractivity contribution in [1.82, 2.24) is 4.57 Å². The number of amides is 1. The third-order valence-electron chi connectivity index (χ3n) is 5.09. The van der Waals surface area contributed by atoms with E-state index in [1.54, 1.807) is 0 Å². The number of anilines is 1. The number of hydrogen-bond donors (Lipinski definition) is 2. The van der Waals surface area contributed by atoms with Crippen LogP contribution in [0.25, 0.3) is 0 Å². The molecule has 1 amide bonds. The minimum atomic E-state index is -1.15. The molecule has 3 rings (SSSR count). The molecule has 4 unspecified atom stereocenters. The molecule has 8 heteroatoms. The van der Waals surface area contributed by atoms with Gasteiger partial charge in [-0.05, 0) is 31.2 Å². The van der Waals surface area contributed by atoms with Crippen molar-refractivity contribution in [2.75, 3.05) is 5.32 Å². The summed E-state index contributed by atoms with van der Waals surface area (Å²) in [7, 11) is 0. The molecule has 2 aliphatic carbocycles. The fourth-order valence-corrected chi connectivity index (χ4v) is 4.18. The number of rotatable bonds is 5. The van der Waals surface area contributed by atoms with E-state index in [-0.39, 0.29) is 41.2 Å². The Bertz CT molecular complexity index is 845. The zero-order chi connectivity index (χ0) is 19.6. The van der Waals surface area contributed by atoms with Gasteiger partial charge in [0.1, 0.15) is 12.3 Å². The molecule has 0 aliphatic heterocycles. The lowest BCUT2D eigenvalue weighted by Gasteiger charge is -2.31. The number of nitrogens with zero attached hydrogens (tertiary/aromatic N) is 1. The summed E-state index contributed by atoms with van der Waals surface area (Å²) in [6.45, 7) is -0.487. The van der Waals surface area contributed by atoms with Crippen molar-refractivity contribution in [1.29, 1.82) is 0 Å². The van der Waals surface area contributed by atoms with Crippen LogP contribution in [-0.4, -0.2) is 32.7 Å². The normalized spacial score (nSPS) is 27.1. The topological polar surface area (TPSA) is 105 Å². The maximum absolute atomic E-state index is 12.7. The number of hydrogen-bond acceptors (Lipinski definition) is 4. The predicted octanol–water partition coefficient (Wildman–Crippen LogP) is 2.04. The van der Waals surface area contributed by atoms with Gasteiger partial charge in [0.15, 0.2) is 0 Å². The molecule has 2 bridgehead atoms. The average molecular weight is 393 g/mol. The second kappa shape index (κ2) is 8.08. The fraction of sp³-hybridized carbons (Fsp3) is 0.474. The molecule has 1 aromatic heterocycles. The first-order chi connectivity index (χ1) is 12.8. The minimum Gasteiger partial charge on any atom is -0.480 e. The lowest BCUT2D eigenvalue weighted by atomic mass is 9.72. The molecule has 0 saturated heterocycles. The van der Waals surface area contributed by atoms with E-state index < -0.39 is 18.1 Å². The first-order valence-electron chi connectivity index (χ1n) is 8.90. The molecule has 0 aromatic carbocycles. The van der Waals surface area contributed by atoms with Crippen LogP contribution in [0, 0.1) is 17.8 Å². The molecule has 1 heterocycles. The molecule has 4 atom stereocenters. The van der Waals surface area contributed by atoms with E-state index in [9.17, 15) is 19.2 Å². The first kappa shape index (κ1) is 19.4. The van der Waals surface area contributed by atoms with Gasteiger partial charge in [-0.2, -0.15) is 0 Å². The summed E-state index contributed by atoms with van der Waals surface area (Å²) in [6, 6.07) is 2.62. The predicted molar refractivity (Wildman–Crippen MR) is 99.7 cm³/mol. The Morgan fingerprint density at radius 2 is 1.96 bits per heavy atom. The van der Waals surface area contributed by atoms with Crippen LogP contribution in [-0.2, 0) is 20.9 Å². The molecule has 7 nitrogen and oxygen atoms in total. The summed E-state index contributed by atoms with van der Waals surface area (Å²) in [5.41, 5.74) is -0.147. The zero-order valence-corrected chi connectivity index (χ0v) is 15.4. The number of carbonyl (C=O) groups is 3. The van der Waals surface area contributed by atoms with E-state index in [0.717, 1.165) is 11.0 Å². The molecule has 1 fully saturated rings. The van der Waals surface area contributed by atoms with Gasteiger partial charge < -0.3 is 15.0 Å². The monoisotopic (exact) mass is 392 g/mol. The number of carboxylic acids is 1. The number of aliphatic carboxylic acids is 1. The van der Waals surface area contributed by atoms with Crippen LogP contribution in [0.4, 0.5) is 5.69 Å². The smallest absolute Gasteiger partial charge is 0.323 e. The Hall–Kier alpha value is -2.41. The SMILES string of the molecule is O=C(O)Cn1cc(NC(=O)CC2CC3C=CC(Cl)CC(C3)C2=O)ccc1=O. The molecule has 2 N–H and O–H groups in total. The van der Waals surface area contributed by atoms with E-state index in [4.69, 9.17) is 16.7 Å². The van der Waals surface area contributed by atoms with Crippen LogP contribution in [0.15, 0.2) is 35.3 Å². The van der Waals surface area contributed by atoms with Crippen molar-refractivity contribution in [3.63, 3.8) is 0 Å². The van der Waals surface area contributed by atoms with Crippen LogP contribution < -0.4 is 10.9 Å². The van der Waals surface area contributed by atoms with Gasteiger partial charge in [0.05, 0.1) is 11.1 Å². The maximum atomic E-state index is 12.7. The number of Topliss-reactive ketones (excluding diaryl/α,β-unsaturated/α-hetero) is 1. The Balaban J connectivity index is 1.66. The molecule has 2 aliphatic rings. The molecule has 0 radical (unpaired) electrons. The third-order valence-corrected chi connectivity index (χ3v) is 5.41. The summed E-state index contributed by atoms with van der Waals surface area (Å²) < 4.78 is 1.00. The van der Waals surface area contributed by atoms with Gasteiger partial charge >= 0.3 is 5.97 Å². The van der Waals surface area contributed by atoms with Crippen molar-refractivity contribution in [3.05, 3.63) is 40.8 Å². The van der Waals surface area contributed by atoms with E-state index >= 15 is 0 Å². The summed E-state index contributed by atoms with van der Waals surface area (Å²) in [5.74, 6) is -1.61. The lowest BCUT2D eigenvalue weighted by molar-refractivity contribution is -0.137. The second-order valence-corrected chi connectivity index (χ2v) is 7.75. The van der Waals surface area contributed by atoms with Crippen molar-refractivity contribution in [2.24, 2.45) is 17.8 Å². The average Bonchev–Trinajstić information content (AvgIpc) is 2.74. The number of fused-ring (bicyclic) bond motifs is 2. The van der Waals surface area contributed by atoms with Crippen molar-refractivity contribution >= 4 is 34.9 Å². The Labute approximate surface area is 161 Å². The molecule has 1 aromatic rings. The van der Waals surface area contributed by atoms with Crippen molar-refractivity contribution < 1.29 is 19.5 Å². The fourth-order valence-electron chi connectivity index (χ4n) is 3.88. The highest BCUT2D eigenvalue weighted by Crippen LogP contribution is 2.38. The highest BCUT2D eigenvalue weighted by molar-refractivity contribution is 6.22. The number of pyridine rings is 1. The molecular formula is C19H21ClN2O5. The van der Waals surface area contributed by atoms with E-state index in [2.05, 4.69) is 11.4 Å². The van der Waals surface area contributed by atoms with E-state index in [1.807, 2.05) is 6.08 Å². The number of carboxylic acid groups (broad SMARTS) is 1. The summed E-state index contributed by atoms with van der Waals surface area (Å²) in [6.07, 6.45) is 7.36. The van der Waals surface area contributed by atoms with Crippen LogP contribution in [0.2, 0.25) is 0 Å². The highest BCUT2D eigenvalue weighted by Gasteiger charge is 2.38. The molecule has 0 spiro atoms. The standard InChI is InChI=1S/C19H21ClN2O5/c20-14-2-1-11-5-12(7-14)19(27)13(6-11)8-16(23)21-15-3-4-17(24)22(9-15)10-18(25)26/h1-4,9,11-14H,5-8,10H2,(H,21,23)(H,25,26). The summed E-state index contributed by atoms with van der Waals surface area (Å²) >= 11 is 6.19. The van der Waals surface area contributed by atoms with Crippen molar-refractivity contribution in [2.45, 2.75) is 37.6 Å². The molecule has 144 valence electrons. The summed E-state index contributed by atoms with van der Waals surface area (Å²) in [5, 5.41) is 11.3. The second-order valence-electron chi connectivity index (χ2n) is 7.19. The van der Waals surface area contributed by atoms with Gasteiger partial charge in [0, 0.05) is 30.5 Å². The van der Waals surface area contributed by atoms with Crippen LogP contribution in [0.3, 0.4) is 0 Å². The Kier molecular flexibility index (Phi) is 5.79. The highest BCUT2D eigenvalue weighted by atomic mass is 35.5.